The minimum atomic E-state index is -0.797. The SMILES string of the molecule is CCC(C)OCC(=O)Nc1ccc(C(=O)N2CCC(C(=O)O)CC2)cc1. The highest BCUT2D eigenvalue weighted by molar-refractivity contribution is 5.96. The Morgan fingerprint density at radius 1 is 1.23 bits per heavy atom. The van der Waals surface area contributed by atoms with E-state index in [9.17, 15) is 14.4 Å². The van der Waals surface area contributed by atoms with E-state index in [4.69, 9.17) is 9.84 Å². The van der Waals surface area contributed by atoms with Crippen LogP contribution in [0, 0.1) is 5.92 Å². The van der Waals surface area contributed by atoms with E-state index in [1.165, 1.54) is 0 Å². The van der Waals surface area contributed by atoms with Gasteiger partial charge in [-0.25, -0.2) is 0 Å². The van der Waals surface area contributed by atoms with E-state index in [1.807, 2.05) is 13.8 Å². The highest BCUT2D eigenvalue weighted by Crippen LogP contribution is 2.20. The van der Waals surface area contributed by atoms with Gasteiger partial charge in [-0.05, 0) is 50.5 Å². The fourth-order valence-corrected chi connectivity index (χ4v) is 2.74. The Morgan fingerprint density at radius 2 is 1.85 bits per heavy atom. The third-order valence-electron chi connectivity index (χ3n) is 4.62. The van der Waals surface area contributed by atoms with Gasteiger partial charge in [-0.1, -0.05) is 6.92 Å². The topological polar surface area (TPSA) is 95.9 Å². The smallest absolute Gasteiger partial charge is 0.306 e. The van der Waals surface area contributed by atoms with E-state index in [-0.39, 0.29) is 30.4 Å². The van der Waals surface area contributed by atoms with Crippen molar-refractivity contribution in [2.45, 2.75) is 39.2 Å². The highest BCUT2D eigenvalue weighted by Gasteiger charge is 2.27. The number of aliphatic carboxylic acids is 1. The summed E-state index contributed by atoms with van der Waals surface area (Å²) in [7, 11) is 0. The molecule has 2 amide bonds. The van der Waals surface area contributed by atoms with Gasteiger partial charge in [0.05, 0.1) is 12.0 Å². The lowest BCUT2D eigenvalue weighted by atomic mass is 9.96. The average molecular weight is 362 g/mol. The molecule has 7 nitrogen and oxygen atoms in total. The lowest BCUT2D eigenvalue weighted by Crippen LogP contribution is -2.40. The number of amides is 2. The van der Waals surface area contributed by atoms with Crippen molar-refractivity contribution in [3.8, 4) is 0 Å². The number of nitrogens with one attached hydrogen (secondary N) is 1. The van der Waals surface area contributed by atoms with E-state index >= 15 is 0 Å². The molecular weight excluding hydrogens is 336 g/mol. The van der Waals surface area contributed by atoms with Crippen molar-refractivity contribution >= 4 is 23.5 Å². The molecule has 142 valence electrons. The average Bonchev–Trinajstić information content (AvgIpc) is 2.66. The molecule has 0 bridgehead atoms. The van der Waals surface area contributed by atoms with Crippen LogP contribution in [0.1, 0.15) is 43.5 Å². The van der Waals surface area contributed by atoms with Crippen molar-refractivity contribution in [2.75, 3.05) is 25.0 Å². The van der Waals surface area contributed by atoms with E-state index in [0.29, 0.717) is 37.2 Å². The molecule has 1 unspecified atom stereocenters. The van der Waals surface area contributed by atoms with Crippen molar-refractivity contribution in [1.29, 1.82) is 0 Å². The number of likely N-dealkylation sites (tertiary alicyclic amines) is 1. The summed E-state index contributed by atoms with van der Waals surface area (Å²) in [4.78, 5) is 37.0. The van der Waals surface area contributed by atoms with Gasteiger partial charge in [0, 0.05) is 24.3 Å². The van der Waals surface area contributed by atoms with Crippen molar-refractivity contribution < 1.29 is 24.2 Å². The molecular formula is C19H26N2O5. The summed E-state index contributed by atoms with van der Waals surface area (Å²) < 4.78 is 5.38. The third-order valence-corrected chi connectivity index (χ3v) is 4.62. The number of rotatable bonds is 7. The molecule has 1 fully saturated rings. The Kier molecular flexibility index (Phi) is 7.15. The van der Waals surface area contributed by atoms with Crippen LogP contribution in [0.4, 0.5) is 5.69 Å². The predicted molar refractivity (Wildman–Crippen MR) is 97.0 cm³/mol. The van der Waals surface area contributed by atoms with Gasteiger partial charge in [0.15, 0.2) is 0 Å². The van der Waals surface area contributed by atoms with Gasteiger partial charge in [0.25, 0.3) is 5.91 Å². The van der Waals surface area contributed by atoms with Gasteiger partial charge in [-0.15, -0.1) is 0 Å². The maximum absolute atomic E-state index is 12.5. The lowest BCUT2D eigenvalue weighted by Gasteiger charge is -2.30. The first-order valence-electron chi connectivity index (χ1n) is 8.94. The molecule has 1 aromatic carbocycles. The normalized spacial score (nSPS) is 16.2. The molecule has 0 radical (unpaired) electrons. The predicted octanol–water partition coefficient (Wildman–Crippen LogP) is 2.38. The van der Waals surface area contributed by atoms with E-state index < -0.39 is 5.97 Å². The second kappa shape index (κ2) is 9.33. The van der Waals surface area contributed by atoms with Crippen LogP contribution in [0.25, 0.3) is 0 Å². The summed E-state index contributed by atoms with van der Waals surface area (Å²) >= 11 is 0. The molecule has 0 aliphatic carbocycles. The zero-order valence-corrected chi connectivity index (χ0v) is 15.2. The van der Waals surface area contributed by atoms with E-state index in [2.05, 4.69) is 5.32 Å². The van der Waals surface area contributed by atoms with Crippen LogP contribution in [0.15, 0.2) is 24.3 Å². The third kappa shape index (κ3) is 5.56. The Hall–Kier alpha value is -2.41. The molecule has 1 aliphatic heterocycles. The first kappa shape index (κ1) is 19.9. The molecule has 1 aromatic rings. The fourth-order valence-electron chi connectivity index (χ4n) is 2.74. The number of piperidine rings is 1. The molecule has 2 N–H and O–H groups in total. The molecule has 0 saturated carbocycles. The summed E-state index contributed by atoms with van der Waals surface area (Å²) in [5, 5.41) is 11.7. The number of carbonyl (C=O) groups is 3. The first-order valence-corrected chi connectivity index (χ1v) is 8.94. The van der Waals surface area contributed by atoms with E-state index in [1.54, 1.807) is 29.2 Å². The number of benzene rings is 1. The summed E-state index contributed by atoms with van der Waals surface area (Å²) in [6, 6.07) is 6.68. The van der Waals surface area contributed by atoms with E-state index in [0.717, 1.165) is 6.42 Å². The Balaban J connectivity index is 1.86. The Labute approximate surface area is 153 Å². The number of carbonyl (C=O) groups excluding carboxylic acids is 2. The zero-order chi connectivity index (χ0) is 19.1. The summed E-state index contributed by atoms with van der Waals surface area (Å²) in [5.74, 6) is -1.52. The van der Waals surface area contributed by atoms with Crippen LogP contribution in [-0.4, -0.2) is 53.6 Å². The number of carboxylic acid groups (broad SMARTS) is 1. The van der Waals surface area contributed by atoms with Crippen LogP contribution in [0.5, 0.6) is 0 Å². The molecule has 2 rings (SSSR count). The van der Waals surface area contributed by atoms with Crippen LogP contribution in [-0.2, 0) is 14.3 Å². The van der Waals surface area contributed by atoms with Gasteiger partial charge in [-0.3, -0.25) is 14.4 Å². The van der Waals surface area contributed by atoms with Gasteiger partial charge in [-0.2, -0.15) is 0 Å². The number of carboxylic acids is 1. The summed E-state index contributed by atoms with van der Waals surface area (Å²) in [6.45, 7) is 4.78. The van der Waals surface area contributed by atoms with Crippen LogP contribution < -0.4 is 5.32 Å². The van der Waals surface area contributed by atoms with Crippen LogP contribution in [0.3, 0.4) is 0 Å². The molecule has 1 saturated heterocycles. The second-order valence-electron chi connectivity index (χ2n) is 6.56. The minimum Gasteiger partial charge on any atom is -0.481 e. The fraction of sp³-hybridized carbons (Fsp3) is 0.526. The van der Waals surface area contributed by atoms with Crippen molar-refractivity contribution in [1.82, 2.24) is 4.90 Å². The molecule has 7 heteroatoms. The molecule has 1 aliphatic rings. The van der Waals surface area contributed by atoms with Crippen LogP contribution >= 0.6 is 0 Å². The lowest BCUT2D eigenvalue weighted by molar-refractivity contribution is -0.143. The first-order chi connectivity index (χ1) is 12.4. The molecule has 0 aromatic heterocycles. The number of hydrogen-bond acceptors (Lipinski definition) is 4. The number of ether oxygens (including phenoxy) is 1. The molecule has 26 heavy (non-hydrogen) atoms. The Morgan fingerprint density at radius 3 is 2.38 bits per heavy atom. The molecule has 1 heterocycles. The summed E-state index contributed by atoms with van der Waals surface area (Å²) in [5.41, 5.74) is 1.12. The number of nitrogens with zero attached hydrogens (tertiary/aromatic N) is 1. The largest absolute Gasteiger partial charge is 0.481 e. The Bertz CT molecular complexity index is 636. The minimum absolute atomic E-state index is 0.00574. The van der Waals surface area contributed by atoms with Gasteiger partial charge < -0.3 is 20.1 Å². The number of hydrogen-bond donors (Lipinski definition) is 2. The quantitative estimate of drug-likeness (QED) is 0.776. The van der Waals surface area contributed by atoms with Crippen LogP contribution in [0.2, 0.25) is 0 Å². The monoisotopic (exact) mass is 362 g/mol. The molecule has 1 atom stereocenters. The standard InChI is InChI=1S/C19H26N2O5/c1-3-13(2)26-12-17(22)20-16-6-4-14(5-7-16)18(23)21-10-8-15(9-11-21)19(24)25/h4-7,13,15H,3,8-12H2,1-2H3,(H,20,22)(H,24,25). The van der Waals surface area contributed by atoms with Gasteiger partial charge >= 0.3 is 5.97 Å². The zero-order valence-electron chi connectivity index (χ0n) is 15.2. The maximum atomic E-state index is 12.5. The second-order valence-corrected chi connectivity index (χ2v) is 6.56. The van der Waals surface area contributed by atoms with Crippen molar-refractivity contribution in [2.24, 2.45) is 5.92 Å². The summed E-state index contributed by atoms with van der Waals surface area (Å²) in [6.07, 6.45) is 1.83. The maximum Gasteiger partial charge on any atom is 0.306 e. The molecule has 0 spiro atoms. The highest BCUT2D eigenvalue weighted by atomic mass is 16.5. The van der Waals surface area contributed by atoms with Crippen molar-refractivity contribution in [3.63, 3.8) is 0 Å². The van der Waals surface area contributed by atoms with Gasteiger partial charge in [0.2, 0.25) is 5.91 Å². The van der Waals surface area contributed by atoms with Gasteiger partial charge in [0.1, 0.15) is 6.61 Å². The number of anilines is 1. The van der Waals surface area contributed by atoms with Crippen molar-refractivity contribution in [3.05, 3.63) is 29.8 Å².